The molecule has 1 heterocycles. The summed E-state index contributed by atoms with van der Waals surface area (Å²) in [5, 5.41) is 2.91. The van der Waals surface area contributed by atoms with E-state index in [9.17, 15) is 13.2 Å². The minimum absolute atomic E-state index is 0.0139. The number of anilines is 1. The number of nitrogens with one attached hydrogen (secondary N) is 1. The molecule has 0 aliphatic rings. The van der Waals surface area contributed by atoms with Gasteiger partial charge in [0, 0.05) is 16.2 Å². The van der Waals surface area contributed by atoms with Gasteiger partial charge in [-0.3, -0.25) is 0 Å². The van der Waals surface area contributed by atoms with Crippen LogP contribution >= 0.6 is 15.9 Å². The molecule has 0 atom stereocenters. The lowest BCUT2D eigenvalue weighted by molar-refractivity contribution is -0.138. The normalized spacial score (nSPS) is 11.3. The van der Waals surface area contributed by atoms with Crippen LogP contribution in [0.2, 0.25) is 0 Å². The van der Waals surface area contributed by atoms with E-state index in [0.717, 1.165) is 6.07 Å². The van der Waals surface area contributed by atoms with Crippen LogP contribution in [-0.4, -0.2) is 12.1 Å². The van der Waals surface area contributed by atoms with E-state index in [0.29, 0.717) is 23.8 Å². The highest BCUT2D eigenvalue weighted by Gasteiger charge is 2.33. The summed E-state index contributed by atoms with van der Waals surface area (Å²) >= 11 is 2.90. The number of aromatic nitrogens is 1. The van der Waals surface area contributed by atoms with Gasteiger partial charge in [0.1, 0.15) is 0 Å². The smallest absolute Gasteiger partial charge is 0.417 e. The predicted molar refractivity (Wildman–Crippen MR) is 77.3 cm³/mol. The van der Waals surface area contributed by atoms with E-state index in [-0.39, 0.29) is 4.47 Å². The quantitative estimate of drug-likeness (QED) is 0.872. The van der Waals surface area contributed by atoms with Gasteiger partial charge in [0.2, 0.25) is 5.88 Å². The fourth-order valence-corrected chi connectivity index (χ4v) is 2.19. The van der Waals surface area contributed by atoms with E-state index in [4.69, 9.17) is 4.74 Å². The van der Waals surface area contributed by atoms with Gasteiger partial charge in [-0.15, -0.1) is 0 Å². The number of rotatable bonds is 4. The van der Waals surface area contributed by atoms with Crippen LogP contribution in [0.5, 0.6) is 5.88 Å². The summed E-state index contributed by atoms with van der Waals surface area (Å²) in [6.45, 7) is 0.302. The van der Waals surface area contributed by atoms with Gasteiger partial charge in [-0.25, -0.2) is 4.98 Å². The summed E-state index contributed by atoms with van der Waals surface area (Å²) < 4.78 is 43.4. The van der Waals surface area contributed by atoms with E-state index in [1.807, 2.05) is 0 Å². The summed E-state index contributed by atoms with van der Waals surface area (Å²) in [6.07, 6.45) is -4.40. The first-order chi connectivity index (χ1) is 9.90. The lowest BCUT2D eigenvalue weighted by Crippen LogP contribution is -2.08. The molecule has 112 valence electrons. The van der Waals surface area contributed by atoms with Crippen molar-refractivity contribution in [1.29, 1.82) is 0 Å². The zero-order chi connectivity index (χ0) is 15.5. The van der Waals surface area contributed by atoms with Gasteiger partial charge >= 0.3 is 6.18 Å². The topological polar surface area (TPSA) is 34.1 Å². The highest BCUT2D eigenvalue weighted by molar-refractivity contribution is 9.10. The Morgan fingerprint density at radius 3 is 2.67 bits per heavy atom. The van der Waals surface area contributed by atoms with E-state index in [1.54, 1.807) is 24.3 Å². The largest absolute Gasteiger partial charge is 0.481 e. The van der Waals surface area contributed by atoms with Crippen LogP contribution in [0.25, 0.3) is 0 Å². The molecule has 7 heteroatoms. The van der Waals surface area contributed by atoms with Crippen LogP contribution in [0.3, 0.4) is 0 Å². The molecule has 0 bridgehead atoms. The Kier molecular flexibility index (Phi) is 4.72. The van der Waals surface area contributed by atoms with Gasteiger partial charge in [-0.2, -0.15) is 13.2 Å². The minimum Gasteiger partial charge on any atom is -0.481 e. The average Bonchev–Trinajstić information content (AvgIpc) is 2.45. The first-order valence-electron chi connectivity index (χ1n) is 6.00. The van der Waals surface area contributed by atoms with E-state index in [2.05, 4.69) is 26.2 Å². The van der Waals surface area contributed by atoms with Crippen LogP contribution in [-0.2, 0) is 12.7 Å². The number of nitrogens with zero attached hydrogens (tertiary/aromatic N) is 1. The number of benzene rings is 1. The van der Waals surface area contributed by atoms with Gasteiger partial charge in [-0.05, 0) is 24.3 Å². The lowest BCUT2D eigenvalue weighted by Gasteiger charge is -2.12. The highest BCUT2D eigenvalue weighted by atomic mass is 79.9. The minimum atomic E-state index is -4.40. The molecule has 0 unspecified atom stereocenters. The van der Waals surface area contributed by atoms with E-state index < -0.39 is 11.7 Å². The fourth-order valence-electron chi connectivity index (χ4n) is 1.71. The molecular weight excluding hydrogens is 349 g/mol. The van der Waals surface area contributed by atoms with Crippen LogP contribution in [0, 0.1) is 0 Å². The van der Waals surface area contributed by atoms with Gasteiger partial charge in [0.05, 0.1) is 24.9 Å². The molecule has 0 aliphatic carbocycles. The van der Waals surface area contributed by atoms with Crippen molar-refractivity contribution >= 4 is 21.6 Å². The number of hydrogen-bond donors (Lipinski definition) is 1. The number of methoxy groups -OCH3 is 1. The average molecular weight is 361 g/mol. The Labute approximate surface area is 128 Å². The fraction of sp³-hybridized carbons (Fsp3) is 0.214. The maximum atomic E-state index is 12.8. The Morgan fingerprint density at radius 1 is 1.24 bits per heavy atom. The van der Waals surface area contributed by atoms with Crippen molar-refractivity contribution in [2.75, 3.05) is 12.4 Å². The third-order valence-electron chi connectivity index (χ3n) is 2.74. The summed E-state index contributed by atoms with van der Waals surface area (Å²) in [6, 6.07) is 9.23. The maximum Gasteiger partial charge on any atom is 0.417 e. The number of halogens is 4. The van der Waals surface area contributed by atoms with Crippen molar-refractivity contribution in [1.82, 2.24) is 4.98 Å². The van der Waals surface area contributed by atoms with Crippen molar-refractivity contribution in [2.45, 2.75) is 12.7 Å². The molecule has 3 nitrogen and oxygen atoms in total. The number of alkyl halides is 3. The standard InChI is InChI=1S/C14H12BrF3N2O/c1-21-13-4-2-3-10(20-13)8-19-9-5-6-12(15)11(7-9)14(16,17)18/h2-7,19H,8H2,1H3. The molecule has 0 radical (unpaired) electrons. The van der Waals surface area contributed by atoms with Crippen molar-refractivity contribution in [3.63, 3.8) is 0 Å². The van der Waals surface area contributed by atoms with Gasteiger partial charge in [-0.1, -0.05) is 22.0 Å². The molecule has 21 heavy (non-hydrogen) atoms. The van der Waals surface area contributed by atoms with Crippen molar-refractivity contribution in [2.24, 2.45) is 0 Å². The van der Waals surface area contributed by atoms with E-state index in [1.165, 1.54) is 13.2 Å². The molecule has 0 amide bonds. The Hall–Kier alpha value is -1.76. The molecule has 0 fully saturated rings. The molecule has 1 aromatic carbocycles. The summed E-state index contributed by atoms with van der Waals surface area (Å²) in [5.41, 5.74) is 0.326. The van der Waals surface area contributed by atoms with Crippen molar-refractivity contribution < 1.29 is 17.9 Å². The summed E-state index contributed by atoms with van der Waals surface area (Å²) in [7, 11) is 1.50. The number of pyridine rings is 1. The predicted octanol–water partition coefficient (Wildman–Crippen LogP) is 4.48. The molecule has 0 saturated heterocycles. The first-order valence-corrected chi connectivity index (χ1v) is 6.80. The summed E-state index contributed by atoms with van der Waals surface area (Å²) in [4.78, 5) is 4.18. The molecule has 2 aromatic rings. The van der Waals surface area contributed by atoms with E-state index >= 15 is 0 Å². The lowest BCUT2D eigenvalue weighted by atomic mass is 10.2. The second kappa shape index (κ2) is 6.34. The number of hydrogen-bond acceptors (Lipinski definition) is 3. The Morgan fingerprint density at radius 2 is 2.00 bits per heavy atom. The SMILES string of the molecule is COc1cccc(CNc2ccc(Br)c(C(F)(F)F)c2)n1. The molecule has 2 rings (SSSR count). The zero-order valence-corrected chi connectivity index (χ0v) is 12.6. The Bertz CT molecular complexity index is 632. The molecule has 0 aliphatic heterocycles. The Balaban J connectivity index is 2.13. The van der Waals surface area contributed by atoms with Gasteiger partial charge in [0.25, 0.3) is 0 Å². The zero-order valence-electron chi connectivity index (χ0n) is 11.0. The molecule has 1 aromatic heterocycles. The maximum absolute atomic E-state index is 12.8. The van der Waals surface area contributed by atoms with Crippen LogP contribution < -0.4 is 10.1 Å². The van der Waals surface area contributed by atoms with Gasteiger partial charge < -0.3 is 10.1 Å². The van der Waals surface area contributed by atoms with Crippen molar-refractivity contribution in [3.8, 4) is 5.88 Å². The molecule has 0 spiro atoms. The second-order valence-corrected chi connectivity index (χ2v) is 5.07. The molecular formula is C14H12BrF3N2O. The third kappa shape index (κ3) is 4.10. The van der Waals surface area contributed by atoms with Crippen LogP contribution in [0.4, 0.5) is 18.9 Å². The summed E-state index contributed by atoms with van der Waals surface area (Å²) in [5.74, 6) is 0.459. The van der Waals surface area contributed by atoms with Crippen LogP contribution in [0.1, 0.15) is 11.3 Å². The molecule has 1 N–H and O–H groups in total. The third-order valence-corrected chi connectivity index (χ3v) is 3.43. The van der Waals surface area contributed by atoms with Crippen molar-refractivity contribution in [3.05, 3.63) is 52.1 Å². The van der Waals surface area contributed by atoms with Crippen LogP contribution in [0.15, 0.2) is 40.9 Å². The highest BCUT2D eigenvalue weighted by Crippen LogP contribution is 2.36. The monoisotopic (exact) mass is 360 g/mol. The molecule has 0 saturated carbocycles. The van der Waals surface area contributed by atoms with Gasteiger partial charge in [0.15, 0.2) is 0 Å². The number of ether oxygens (including phenoxy) is 1. The second-order valence-electron chi connectivity index (χ2n) is 4.22. The first kappa shape index (κ1) is 15.6.